The molecule has 0 aliphatic rings. The molecule has 0 N–H and O–H groups in total. The molecule has 1 rings (SSSR count). The monoisotopic (exact) mass is 286 g/mol. The van der Waals surface area contributed by atoms with Gasteiger partial charge >= 0.3 is 11.9 Å². The lowest BCUT2D eigenvalue weighted by Gasteiger charge is -2.12. The molecule has 6 heteroatoms. The minimum Gasteiger partial charge on any atom is -0.494 e. The number of ether oxygens (including phenoxy) is 2. The lowest BCUT2D eigenvalue weighted by atomic mass is 10.1. The Hall–Kier alpha value is -1.98. The van der Waals surface area contributed by atoms with Crippen molar-refractivity contribution in [2.45, 2.75) is 25.7 Å². The van der Waals surface area contributed by atoms with Crippen LogP contribution >= 0.6 is 0 Å². The van der Waals surface area contributed by atoms with Gasteiger partial charge in [0.05, 0.1) is 13.7 Å². The summed E-state index contributed by atoms with van der Waals surface area (Å²) in [6, 6.07) is 5.22. The summed E-state index contributed by atoms with van der Waals surface area (Å²) in [7, 11) is 0.800. The SMILES string of the molecule is CCCCOc1ccc(C(=O)C(F)(F)C(=O)OC)cc1. The largest absolute Gasteiger partial charge is 0.494 e. The van der Waals surface area contributed by atoms with Crippen LogP contribution in [0.1, 0.15) is 30.1 Å². The van der Waals surface area contributed by atoms with Gasteiger partial charge in [-0.05, 0) is 30.7 Å². The number of hydrogen-bond donors (Lipinski definition) is 0. The molecular weight excluding hydrogens is 270 g/mol. The third kappa shape index (κ3) is 3.76. The molecule has 0 atom stereocenters. The molecule has 0 saturated carbocycles. The number of ketones is 1. The Morgan fingerprint density at radius 2 is 1.80 bits per heavy atom. The smallest absolute Gasteiger partial charge is 0.404 e. The van der Waals surface area contributed by atoms with Crippen molar-refractivity contribution in [1.82, 2.24) is 0 Å². The number of Topliss-reactive ketones (excluding diaryl/α,β-unsaturated/α-hetero) is 1. The molecule has 4 nitrogen and oxygen atoms in total. The quantitative estimate of drug-likeness (QED) is 0.335. The zero-order valence-electron chi connectivity index (χ0n) is 11.3. The van der Waals surface area contributed by atoms with Crippen LogP contribution in [0, 0.1) is 0 Å². The van der Waals surface area contributed by atoms with E-state index in [0.717, 1.165) is 20.0 Å². The summed E-state index contributed by atoms with van der Waals surface area (Å²) in [5, 5.41) is 0. The van der Waals surface area contributed by atoms with Gasteiger partial charge in [-0.3, -0.25) is 4.79 Å². The summed E-state index contributed by atoms with van der Waals surface area (Å²) in [5.74, 6) is -7.16. The van der Waals surface area contributed by atoms with Gasteiger partial charge in [-0.2, -0.15) is 8.78 Å². The van der Waals surface area contributed by atoms with Gasteiger partial charge in [-0.25, -0.2) is 4.79 Å². The van der Waals surface area contributed by atoms with E-state index in [4.69, 9.17) is 4.74 Å². The average Bonchev–Trinajstić information content (AvgIpc) is 2.46. The average molecular weight is 286 g/mol. The highest BCUT2D eigenvalue weighted by Gasteiger charge is 2.48. The third-order valence-corrected chi connectivity index (χ3v) is 2.61. The molecule has 0 bridgehead atoms. The van der Waals surface area contributed by atoms with Gasteiger partial charge in [-0.1, -0.05) is 13.3 Å². The number of rotatable bonds is 7. The van der Waals surface area contributed by atoms with E-state index in [1.807, 2.05) is 6.92 Å². The Morgan fingerprint density at radius 3 is 2.30 bits per heavy atom. The van der Waals surface area contributed by atoms with Crippen LogP contribution in [0.4, 0.5) is 8.78 Å². The number of hydrogen-bond acceptors (Lipinski definition) is 4. The van der Waals surface area contributed by atoms with Crippen molar-refractivity contribution in [2.75, 3.05) is 13.7 Å². The number of carbonyl (C=O) groups is 2. The second-order valence-corrected chi connectivity index (χ2v) is 4.12. The van der Waals surface area contributed by atoms with Gasteiger partial charge in [0.1, 0.15) is 5.75 Å². The molecule has 20 heavy (non-hydrogen) atoms. The Morgan fingerprint density at radius 1 is 1.20 bits per heavy atom. The topological polar surface area (TPSA) is 52.6 Å². The maximum Gasteiger partial charge on any atom is 0.404 e. The number of alkyl halides is 2. The number of unbranched alkanes of at least 4 members (excludes halogenated alkanes) is 1. The first-order valence-electron chi connectivity index (χ1n) is 6.17. The first-order chi connectivity index (χ1) is 9.43. The highest BCUT2D eigenvalue weighted by atomic mass is 19.3. The molecule has 0 amide bonds. The molecule has 1 aromatic carbocycles. The Bertz CT molecular complexity index is 469. The van der Waals surface area contributed by atoms with Crippen LogP contribution in [0.5, 0.6) is 5.75 Å². The zero-order valence-corrected chi connectivity index (χ0v) is 11.3. The fourth-order valence-corrected chi connectivity index (χ4v) is 1.44. The number of esters is 1. The molecule has 0 aliphatic heterocycles. The summed E-state index contributed by atoms with van der Waals surface area (Å²) >= 11 is 0. The second-order valence-electron chi connectivity index (χ2n) is 4.12. The van der Waals surface area contributed by atoms with Crippen molar-refractivity contribution < 1.29 is 27.8 Å². The van der Waals surface area contributed by atoms with Crippen molar-refractivity contribution in [1.29, 1.82) is 0 Å². The van der Waals surface area contributed by atoms with Crippen LogP contribution in [0.2, 0.25) is 0 Å². The highest BCUT2D eigenvalue weighted by molar-refractivity contribution is 6.13. The van der Waals surface area contributed by atoms with Crippen LogP contribution in [0.15, 0.2) is 24.3 Å². The molecule has 0 saturated heterocycles. The van der Waals surface area contributed by atoms with Gasteiger partial charge in [-0.15, -0.1) is 0 Å². The van der Waals surface area contributed by atoms with Crippen LogP contribution in [0.3, 0.4) is 0 Å². The number of halogens is 2. The second kappa shape index (κ2) is 6.98. The fourth-order valence-electron chi connectivity index (χ4n) is 1.44. The molecule has 1 aromatic rings. The summed E-state index contributed by atoms with van der Waals surface area (Å²) in [6.07, 6.45) is 1.85. The third-order valence-electron chi connectivity index (χ3n) is 2.61. The van der Waals surface area contributed by atoms with Crippen LogP contribution in [0.25, 0.3) is 0 Å². The lowest BCUT2D eigenvalue weighted by Crippen LogP contribution is -2.38. The van der Waals surface area contributed by atoms with Crippen LogP contribution in [-0.4, -0.2) is 31.4 Å². The highest BCUT2D eigenvalue weighted by Crippen LogP contribution is 2.23. The summed E-state index contributed by atoms with van der Waals surface area (Å²) in [4.78, 5) is 22.4. The van der Waals surface area contributed by atoms with Gasteiger partial charge in [0.2, 0.25) is 5.78 Å². The van der Waals surface area contributed by atoms with Crippen molar-refractivity contribution in [3.05, 3.63) is 29.8 Å². The van der Waals surface area contributed by atoms with Crippen LogP contribution < -0.4 is 4.74 Å². The standard InChI is InChI=1S/C14H16F2O4/c1-3-4-9-20-11-7-5-10(6-8-11)12(17)14(15,16)13(18)19-2/h5-8H,3-4,9H2,1-2H3. The molecule has 0 radical (unpaired) electrons. The van der Waals surface area contributed by atoms with Gasteiger partial charge in [0.15, 0.2) is 0 Å². The number of benzene rings is 1. The minimum absolute atomic E-state index is 0.275. The molecule has 0 heterocycles. The first kappa shape index (κ1) is 16.1. The molecule has 110 valence electrons. The van der Waals surface area contributed by atoms with Crippen molar-refractivity contribution in [3.63, 3.8) is 0 Å². The number of carbonyl (C=O) groups excluding carboxylic acids is 2. The molecule has 0 unspecified atom stereocenters. The molecule has 0 fully saturated rings. The van der Waals surface area contributed by atoms with E-state index in [9.17, 15) is 18.4 Å². The van der Waals surface area contributed by atoms with E-state index in [1.165, 1.54) is 24.3 Å². The normalized spacial score (nSPS) is 11.0. The molecular formula is C14H16F2O4. The Labute approximate surface area is 115 Å². The summed E-state index contributed by atoms with van der Waals surface area (Å²) < 4.78 is 36.0. The van der Waals surface area contributed by atoms with E-state index in [0.29, 0.717) is 12.4 Å². The van der Waals surface area contributed by atoms with Crippen molar-refractivity contribution >= 4 is 11.8 Å². The summed E-state index contributed by atoms with van der Waals surface area (Å²) in [6.45, 7) is 2.53. The molecule has 0 aliphatic carbocycles. The first-order valence-corrected chi connectivity index (χ1v) is 6.17. The van der Waals surface area contributed by atoms with Gasteiger partial charge in [0, 0.05) is 5.56 Å². The fraction of sp³-hybridized carbons (Fsp3) is 0.429. The Balaban J connectivity index is 2.78. The molecule has 0 spiro atoms. The lowest BCUT2D eigenvalue weighted by molar-refractivity contribution is -0.161. The minimum atomic E-state index is -4.18. The van der Waals surface area contributed by atoms with E-state index < -0.39 is 17.7 Å². The van der Waals surface area contributed by atoms with Crippen molar-refractivity contribution in [3.8, 4) is 5.75 Å². The Kier molecular flexibility index (Phi) is 5.61. The maximum absolute atomic E-state index is 13.4. The molecule has 0 aromatic heterocycles. The van der Waals surface area contributed by atoms with E-state index in [-0.39, 0.29) is 5.56 Å². The zero-order chi connectivity index (χ0) is 15.2. The maximum atomic E-state index is 13.4. The predicted molar refractivity (Wildman–Crippen MR) is 68.1 cm³/mol. The van der Waals surface area contributed by atoms with Gasteiger partial charge in [0.25, 0.3) is 0 Å². The van der Waals surface area contributed by atoms with E-state index >= 15 is 0 Å². The predicted octanol–water partition coefficient (Wildman–Crippen LogP) is 2.86. The van der Waals surface area contributed by atoms with E-state index in [1.54, 1.807) is 0 Å². The van der Waals surface area contributed by atoms with Crippen molar-refractivity contribution in [2.24, 2.45) is 0 Å². The van der Waals surface area contributed by atoms with E-state index in [2.05, 4.69) is 4.74 Å². The number of methoxy groups -OCH3 is 1. The summed E-state index contributed by atoms with van der Waals surface area (Å²) in [5.41, 5.74) is -0.275. The van der Waals surface area contributed by atoms with Gasteiger partial charge < -0.3 is 9.47 Å². The van der Waals surface area contributed by atoms with Crippen LogP contribution in [-0.2, 0) is 9.53 Å².